The van der Waals surface area contributed by atoms with Gasteiger partial charge in [-0.2, -0.15) is 0 Å². The molecule has 2 atom stereocenters. The van der Waals surface area contributed by atoms with Crippen LogP contribution in [-0.2, 0) is 11.2 Å². The molecule has 4 heteroatoms. The Balaban J connectivity index is 1.53. The quantitative estimate of drug-likeness (QED) is 0.727. The largest absolute Gasteiger partial charge is 0.391 e. The molecule has 0 saturated carbocycles. The van der Waals surface area contributed by atoms with Gasteiger partial charge in [0.15, 0.2) is 0 Å². The molecule has 1 fully saturated rings. The predicted molar refractivity (Wildman–Crippen MR) is 105 cm³/mol. The number of nitrogens with one attached hydrogen (secondary N) is 1. The molecule has 2 aromatic carbocycles. The van der Waals surface area contributed by atoms with Crippen molar-refractivity contribution >= 4 is 0 Å². The summed E-state index contributed by atoms with van der Waals surface area (Å²) in [7, 11) is 0. The molecular weight excluding hydrogens is 324 g/mol. The fourth-order valence-electron chi connectivity index (χ4n) is 3.45. The molecule has 0 aromatic heterocycles. The van der Waals surface area contributed by atoms with Crippen LogP contribution in [0.3, 0.4) is 0 Å². The van der Waals surface area contributed by atoms with Crippen molar-refractivity contribution in [3.05, 3.63) is 71.8 Å². The Morgan fingerprint density at radius 3 is 2.31 bits per heavy atom. The van der Waals surface area contributed by atoms with E-state index in [1.54, 1.807) is 0 Å². The van der Waals surface area contributed by atoms with E-state index in [1.165, 1.54) is 11.1 Å². The molecule has 26 heavy (non-hydrogen) atoms. The molecule has 1 aliphatic rings. The second-order valence-corrected chi connectivity index (χ2v) is 6.96. The lowest BCUT2D eigenvalue weighted by Gasteiger charge is -2.29. The van der Waals surface area contributed by atoms with Gasteiger partial charge >= 0.3 is 0 Å². The highest BCUT2D eigenvalue weighted by Gasteiger charge is 2.16. The number of aliphatic hydroxyl groups is 1. The molecule has 0 spiro atoms. The minimum atomic E-state index is -0.382. The molecule has 140 valence electrons. The molecule has 0 radical (unpaired) electrons. The van der Waals surface area contributed by atoms with E-state index in [9.17, 15) is 5.11 Å². The lowest BCUT2D eigenvalue weighted by Crippen LogP contribution is -2.39. The summed E-state index contributed by atoms with van der Waals surface area (Å²) in [5.41, 5.74) is 2.46. The van der Waals surface area contributed by atoms with Crippen LogP contribution in [0.4, 0.5) is 0 Å². The van der Waals surface area contributed by atoms with Crippen LogP contribution in [0.25, 0.3) is 0 Å². The highest BCUT2D eigenvalue weighted by molar-refractivity contribution is 5.19. The topological polar surface area (TPSA) is 44.7 Å². The van der Waals surface area contributed by atoms with Gasteiger partial charge in [0, 0.05) is 32.2 Å². The Morgan fingerprint density at radius 2 is 1.62 bits per heavy atom. The van der Waals surface area contributed by atoms with Crippen molar-refractivity contribution in [1.29, 1.82) is 0 Å². The third kappa shape index (κ3) is 6.22. The van der Waals surface area contributed by atoms with E-state index >= 15 is 0 Å². The van der Waals surface area contributed by atoms with E-state index < -0.39 is 0 Å². The lowest BCUT2D eigenvalue weighted by atomic mass is 10.0. The number of nitrogens with zero attached hydrogens (tertiary/aromatic N) is 1. The lowest BCUT2D eigenvalue weighted by molar-refractivity contribution is 0.0359. The average molecular weight is 354 g/mol. The van der Waals surface area contributed by atoms with Gasteiger partial charge < -0.3 is 15.2 Å². The molecule has 2 N–H and O–H groups in total. The number of benzene rings is 2. The van der Waals surface area contributed by atoms with Gasteiger partial charge in [0.25, 0.3) is 0 Å². The molecule has 0 bridgehead atoms. The van der Waals surface area contributed by atoms with Crippen LogP contribution in [0.15, 0.2) is 60.7 Å². The van der Waals surface area contributed by atoms with Gasteiger partial charge in [-0.05, 0) is 24.0 Å². The van der Waals surface area contributed by atoms with Crippen LogP contribution in [0.1, 0.15) is 23.6 Å². The minimum absolute atomic E-state index is 0.254. The van der Waals surface area contributed by atoms with Crippen molar-refractivity contribution in [2.45, 2.75) is 25.0 Å². The third-order valence-corrected chi connectivity index (χ3v) is 4.95. The first-order valence-electron chi connectivity index (χ1n) is 9.61. The number of morpholine rings is 1. The molecule has 2 aromatic rings. The summed E-state index contributed by atoms with van der Waals surface area (Å²) in [5.74, 6) is 0. The van der Waals surface area contributed by atoms with Crippen molar-refractivity contribution in [3.8, 4) is 0 Å². The number of aliphatic hydroxyl groups excluding tert-OH is 1. The maximum atomic E-state index is 10.4. The number of hydrogen-bond acceptors (Lipinski definition) is 4. The standard InChI is InChI=1S/C22H30N2O2/c25-21(17-19-7-3-1-4-8-19)18-23-22(20-9-5-2-6-10-20)11-12-24-13-15-26-16-14-24/h1-10,21-23,25H,11-18H2. The predicted octanol–water partition coefficient (Wildman–Crippen LogP) is 2.64. The minimum Gasteiger partial charge on any atom is -0.391 e. The van der Waals surface area contributed by atoms with Gasteiger partial charge in [0.05, 0.1) is 19.3 Å². The van der Waals surface area contributed by atoms with E-state index in [2.05, 4.69) is 46.6 Å². The monoisotopic (exact) mass is 354 g/mol. The first-order valence-corrected chi connectivity index (χ1v) is 9.61. The third-order valence-electron chi connectivity index (χ3n) is 4.95. The van der Waals surface area contributed by atoms with Gasteiger partial charge in [0.2, 0.25) is 0 Å². The molecule has 3 rings (SSSR count). The van der Waals surface area contributed by atoms with Crippen LogP contribution in [0, 0.1) is 0 Å². The van der Waals surface area contributed by atoms with Crippen LogP contribution in [0.2, 0.25) is 0 Å². The summed E-state index contributed by atoms with van der Waals surface area (Å²) in [4.78, 5) is 2.46. The smallest absolute Gasteiger partial charge is 0.0705 e. The van der Waals surface area contributed by atoms with Crippen molar-refractivity contribution in [1.82, 2.24) is 10.2 Å². The Kier molecular flexibility index (Phi) is 7.65. The SMILES string of the molecule is OC(CNC(CCN1CCOCC1)c1ccccc1)Cc1ccccc1. The molecule has 0 amide bonds. The molecule has 1 aliphatic heterocycles. The van der Waals surface area contributed by atoms with E-state index in [0.717, 1.165) is 39.3 Å². The van der Waals surface area contributed by atoms with Crippen LogP contribution >= 0.6 is 0 Å². The van der Waals surface area contributed by atoms with Crippen LogP contribution in [0.5, 0.6) is 0 Å². The Labute approximate surface area is 156 Å². The van der Waals surface area contributed by atoms with E-state index in [0.29, 0.717) is 13.0 Å². The fraction of sp³-hybridized carbons (Fsp3) is 0.455. The number of ether oxygens (including phenoxy) is 1. The molecular formula is C22H30N2O2. The zero-order valence-electron chi connectivity index (χ0n) is 15.4. The average Bonchev–Trinajstić information content (AvgIpc) is 2.70. The molecule has 4 nitrogen and oxygen atoms in total. The summed E-state index contributed by atoms with van der Waals surface area (Å²) in [5, 5.41) is 14.0. The van der Waals surface area contributed by atoms with Crippen molar-refractivity contribution in [2.24, 2.45) is 0 Å². The van der Waals surface area contributed by atoms with Gasteiger partial charge in [-0.25, -0.2) is 0 Å². The van der Waals surface area contributed by atoms with Gasteiger partial charge in [0.1, 0.15) is 0 Å². The number of hydrogen-bond donors (Lipinski definition) is 2. The van der Waals surface area contributed by atoms with E-state index in [-0.39, 0.29) is 12.1 Å². The van der Waals surface area contributed by atoms with Gasteiger partial charge in [-0.15, -0.1) is 0 Å². The summed E-state index contributed by atoms with van der Waals surface area (Å²) in [6.45, 7) is 5.33. The first kappa shape index (κ1) is 19.1. The zero-order valence-corrected chi connectivity index (χ0v) is 15.4. The summed E-state index contributed by atoms with van der Waals surface area (Å²) in [6.07, 6.45) is 1.33. The van der Waals surface area contributed by atoms with Crippen LogP contribution < -0.4 is 5.32 Å². The van der Waals surface area contributed by atoms with Crippen molar-refractivity contribution in [2.75, 3.05) is 39.4 Å². The maximum absolute atomic E-state index is 10.4. The fourth-order valence-corrected chi connectivity index (χ4v) is 3.45. The van der Waals surface area contributed by atoms with Crippen molar-refractivity contribution < 1.29 is 9.84 Å². The Bertz CT molecular complexity index is 615. The van der Waals surface area contributed by atoms with Crippen molar-refractivity contribution in [3.63, 3.8) is 0 Å². The summed E-state index contributed by atoms with van der Waals surface area (Å²) < 4.78 is 5.44. The molecule has 0 aliphatic carbocycles. The van der Waals surface area contributed by atoms with E-state index in [4.69, 9.17) is 4.74 Å². The molecule has 2 unspecified atom stereocenters. The normalized spacial score (nSPS) is 17.7. The first-order chi connectivity index (χ1) is 12.8. The highest BCUT2D eigenvalue weighted by Crippen LogP contribution is 2.18. The van der Waals surface area contributed by atoms with Crippen LogP contribution in [-0.4, -0.2) is 55.5 Å². The van der Waals surface area contributed by atoms with Gasteiger partial charge in [-0.1, -0.05) is 60.7 Å². The maximum Gasteiger partial charge on any atom is 0.0705 e. The van der Waals surface area contributed by atoms with Gasteiger partial charge in [-0.3, -0.25) is 4.90 Å². The second-order valence-electron chi connectivity index (χ2n) is 6.96. The molecule has 1 heterocycles. The highest BCUT2D eigenvalue weighted by atomic mass is 16.5. The molecule has 1 saturated heterocycles. The summed E-state index contributed by atoms with van der Waals surface area (Å²) in [6, 6.07) is 21.0. The Hall–Kier alpha value is -1.72. The Morgan fingerprint density at radius 1 is 0.962 bits per heavy atom. The summed E-state index contributed by atoms with van der Waals surface area (Å²) >= 11 is 0. The van der Waals surface area contributed by atoms with E-state index in [1.807, 2.05) is 24.3 Å². The number of rotatable bonds is 9. The second kappa shape index (κ2) is 10.4. The zero-order chi connectivity index (χ0) is 18.0.